The molecule has 0 saturated carbocycles. The number of sulfone groups is 1. The molecule has 0 aliphatic carbocycles. The summed E-state index contributed by atoms with van der Waals surface area (Å²) in [6.07, 6.45) is 5.80. The Morgan fingerprint density at radius 2 is 1.55 bits per heavy atom. The lowest BCUT2D eigenvalue weighted by Crippen LogP contribution is -2.44. The number of rotatable bonds is 16. The Bertz CT molecular complexity index is 2620. The quantitative estimate of drug-likeness (QED) is 0.0784. The molecule has 8 rings (SSSR count). The van der Waals surface area contributed by atoms with Gasteiger partial charge in [-0.05, 0) is 124 Å². The average molecular weight is 919 g/mol. The van der Waals surface area contributed by atoms with Crippen LogP contribution < -0.4 is 29.7 Å². The minimum Gasteiger partial charge on any atom is -0.493 e. The number of amides is 4. The van der Waals surface area contributed by atoms with Crippen LogP contribution in [0, 0.1) is 23.2 Å². The molecule has 4 aromatic carbocycles. The topological polar surface area (TPSA) is 188 Å². The van der Waals surface area contributed by atoms with Crippen molar-refractivity contribution in [2.24, 2.45) is 17.8 Å². The molecular weight excluding hydrogens is 861 g/mol. The van der Waals surface area contributed by atoms with Crippen molar-refractivity contribution in [2.45, 2.75) is 58.0 Å². The van der Waals surface area contributed by atoms with Gasteiger partial charge in [-0.25, -0.2) is 8.42 Å². The van der Waals surface area contributed by atoms with Crippen LogP contribution in [0.15, 0.2) is 78.9 Å². The summed E-state index contributed by atoms with van der Waals surface area (Å²) < 4.78 is 42.9. The van der Waals surface area contributed by atoms with Gasteiger partial charge in [0, 0.05) is 56.7 Å². The molecule has 3 N–H and O–H groups in total. The Morgan fingerprint density at radius 1 is 0.848 bits per heavy atom. The van der Waals surface area contributed by atoms with E-state index in [4.69, 9.17) is 19.6 Å². The molecule has 3 fully saturated rings. The number of nitrogens with one attached hydrogen (secondary N) is 3. The molecule has 66 heavy (non-hydrogen) atoms. The summed E-state index contributed by atoms with van der Waals surface area (Å²) in [5, 5.41) is 14.1. The van der Waals surface area contributed by atoms with Crippen molar-refractivity contribution in [3.63, 3.8) is 0 Å². The number of carbonyl (C=O) groups is 4. The van der Waals surface area contributed by atoms with E-state index in [-0.39, 0.29) is 23.6 Å². The van der Waals surface area contributed by atoms with E-state index in [1.807, 2.05) is 31.2 Å². The van der Waals surface area contributed by atoms with Crippen LogP contribution in [-0.2, 0) is 26.0 Å². The van der Waals surface area contributed by atoms with Gasteiger partial charge in [-0.1, -0.05) is 24.3 Å². The first kappa shape index (κ1) is 46.3. The Kier molecular flexibility index (Phi) is 13.8. The number of likely N-dealkylation sites (tertiary alicyclic amines) is 1. The molecule has 15 nitrogen and oxygen atoms in total. The third-order valence-corrected chi connectivity index (χ3v) is 14.4. The normalized spacial score (nSPS) is 19.1. The molecular formula is C50H58N6O9S. The number of hydrogen-bond acceptors (Lipinski definition) is 13. The van der Waals surface area contributed by atoms with Gasteiger partial charge in [-0.2, -0.15) is 0 Å². The first-order chi connectivity index (χ1) is 31.7. The van der Waals surface area contributed by atoms with Crippen LogP contribution in [0.2, 0.25) is 0 Å². The second-order valence-electron chi connectivity index (χ2n) is 17.7. The highest BCUT2D eigenvalue weighted by molar-refractivity contribution is 7.90. The first-order valence-electron chi connectivity index (χ1n) is 22.7. The summed E-state index contributed by atoms with van der Waals surface area (Å²) in [5.74, 6) is 0.446. The highest BCUT2D eigenvalue weighted by atomic mass is 32.2. The number of imide groups is 2. The van der Waals surface area contributed by atoms with Gasteiger partial charge in [-0.3, -0.25) is 34.3 Å². The average Bonchev–Trinajstić information content (AvgIpc) is 3.57. The number of hydrogen-bond donors (Lipinski definition) is 3. The first-order valence-corrected chi connectivity index (χ1v) is 24.8. The van der Waals surface area contributed by atoms with E-state index in [1.54, 1.807) is 49.5 Å². The molecule has 2 unspecified atom stereocenters. The second-order valence-corrected chi connectivity index (χ2v) is 19.9. The lowest BCUT2D eigenvalue weighted by molar-refractivity contribution is -0.134. The summed E-state index contributed by atoms with van der Waals surface area (Å²) in [7, 11) is -0.358. The number of fused-ring (bicyclic) bond motifs is 1. The molecule has 4 aromatic rings. The predicted molar refractivity (Wildman–Crippen MR) is 252 cm³/mol. The highest BCUT2D eigenvalue weighted by Crippen LogP contribution is 2.42. The minimum atomic E-state index is -3.63. The van der Waals surface area contributed by atoms with Crippen molar-refractivity contribution >= 4 is 50.6 Å². The van der Waals surface area contributed by atoms with Crippen LogP contribution in [0.1, 0.15) is 88.9 Å². The lowest BCUT2D eigenvalue weighted by Gasteiger charge is -2.41. The Morgan fingerprint density at radius 3 is 2.20 bits per heavy atom. The summed E-state index contributed by atoms with van der Waals surface area (Å²) in [6, 6.07) is 22.8. The lowest BCUT2D eigenvalue weighted by atomic mass is 9.78. The van der Waals surface area contributed by atoms with Gasteiger partial charge in [0.15, 0.2) is 11.5 Å². The predicted octanol–water partition coefficient (Wildman–Crippen LogP) is 6.86. The fourth-order valence-electron chi connectivity index (χ4n) is 10.0. The minimum absolute atomic E-state index is 0.163. The number of ether oxygens (including phenoxy) is 3. The molecule has 348 valence electrons. The molecule has 0 aromatic heterocycles. The Balaban J connectivity index is 0.845. The van der Waals surface area contributed by atoms with Crippen LogP contribution in [-0.4, -0.2) is 107 Å². The number of benzene rings is 4. The van der Waals surface area contributed by atoms with E-state index >= 15 is 0 Å². The standard InChI is InChI=1S/C50H58N6O9S/c1-5-64-44-27-34(11-17-43(44)63-3)42(30-66(4,61)62)56-49(59)38-7-6-8-41(46(38)50(56)60)55-25-21-33(22-26-55)32-19-23-54(24-20-32)29-31-9-12-35(13-10-31)65-36-14-15-37(40(28-36)52-2)47(51)39-16-18-45(57)53-48(39)58/h6-15,17,27-28,32-33,39,42,51-52H,5,16,18-26,29-30H2,1-4H3,(H,53,57,58). The zero-order chi connectivity index (χ0) is 46.7. The summed E-state index contributed by atoms with van der Waals surface area (Å²) >= 11 is 0. The van der Waals surface area contributed by atoms with Crippen LogP contribution in [0.4, 0.5) is 11.4 Å². The Labute approximate surface area is 386 Å². The van der Waals surface area contributed by atoms with Gasteiger partial charge in [-0.15, -0.1) is 0 Å². The molecule has 4 heterocycles. The van der Waals surface area contributed by atoms with Crippen molar-refractivity contribution < 1.29 is 41.8 Å². The van der Waals surface area contributed by atoms with Crippen molar-refractivity contribution in [2.75, 3.05) is 69.2 Å². The van der Waals surface area contributed by atoms with E-state index < -0.39 is 45.3 Å². The van der Waals surface area contributed by atoms with E-state index in [0.717, 1.165) is 69.6 Å². The molecule has 0 spiro atoms. The maximum atomic E-state index is 14.4. The van der Waals surface area contributed by atoms with Gasteiger partial charge in [0.05, 0.1) is 54.0 Å². The maximum Gasteiger partial charge on any atom is 0.264 e. The number of carbonyl (C=O) groups excluding carboxylic acids is 4. The monoisotopic (exact) mass is 918 g/mol. The van der Waals surface area contributed by atoms with Gasteiger partial charge in [0.1, 0.15) is 21.3 Å². The van der Waals surface area contributed by atoms with Crippen LogP contribution >= 0.6 is 0 Å². The van der Waals surface area contributed by atoms with Gasteiger partial charge >= 0.3 is 0 Å². The molecule has 4 aliphatic heterocycles. The van der Waals surface area contributed by atoms with Crippen LogP contribution in [0.25, 0.3) is 0 Å². The van der Waals surface area contributed by atoms with E-state index in [2.05, 4.69) is 32.6 Å². The van der Waals surface area contributed by atoms with Gasteiger partial charge < -0.3 is 29.8 Å². The molecule has 16 heteroatoms. The van der Waals surface area contributed by atoms with Crippen LogP contribution in [0.3, 0.4) is 0 Å². The highest BCUT2D eigenvalue weighted by Gasteiger charge is 2.44. The second kappa shape index (κ2) is 19.7. The SMILES string of the molecule is CCOc1cc(C(CS(C)(=O)=O)N2C(=O)c3cccc(N4CCC(C5CCN(Cc6ccc(Oc7ccc(C(=N)C8CCC(=O)NC8=O)c(NC)c7)cc6)CC5)CC4)c3C2=O)ccc1OC. The number of piperidine rings is 3. The van der Waals surface area contributed by atoms with Crippen molar-refractivity contribution in [1.29, 1.82) is 5.41 Å². The molecule has 0 radical (unpaired) electrons. The van der Waals surface area contributed by atoms with E-state index in [0.29, 0.717) is 75.9 Å². The molecule has 0 bridgehead atoms. The maximum absolute atomic E-state index is 14.4. The van der Waals surface area contributed by atoms with Crippen molar-refractivity contribution in [3.8, 4) is 23.0 Å². The van der Waals surface area contributed by atoms with Crippen molar-refractivity contribution in [3.05, 3.63) is 107 Å². The zero-order valence-electron chi connectivity index (χ0n) is 37.9. The van der Waals surface area contributed by atoms with Crippen LogP contribution in [0.5, 0.6) is 23.0 Å². The van der Waals surface area contributed by atoms with E-state index in [1.165, 1.54) is 12.7 Å². The van der Waals surface area contributed by atoms with E-state index in [9.17, 15) is 27.6 Å². The number of nitrogens with zero attached hydrogens (tertiary/aromatic N) is 3. The largest absolute Gasteiger partial charge is 0.493 e. The summed E-state index contributed by atoms with van der Waals surface area (Å²) in [4.78, 5) is 58.3. The fraction of sp³-hybridized carbons (Fsp3) is 0.420. The van der Waals surface area contributed by atoms with Gasteiger partial charge in [0.2, 0.25) is 11.8 Å². The smallest absolute Gasteiger partial charge is 0.264 e. The molecule has 2 atom stereocenters. The van der Waals surface area contributed by atoms with Crippen molar-refractivity contribution in [1.82, 2.24) is 15.1 Å². The molecule has 3 saturated heterocycles. The Hall–Kier alpha value is -6.26. The van der Waals surface area contributed by atoms with Gasteiger partial charge in [0.25, 0.3) is 11.8 Å². The number of anilines is 2. The molecule has 4 aliphatic rings. The fourth-order valence-corrected chi connectivity index (χ4v) is 11.0. The summed E-state index contributed by atoms with van der Waals surface area (Å²) in [6.45, 7) is 6.54. The number of methoxy groups -OCH3 is 1. The third-order valence-electron chi connectivity index (χ3n) is 13.5. The molecule has 4 amide bonds. The zero-order valence-corrected chi connectivity index (χ0v) is 38.7. The summed E-state index contributed by atoms with van der Waals surface area (Å²) in [5.41, 5.74) is 4.40. The third kappa shape index (κ3) is 9.94.